The monoisotopic (exact) mass is 170 g/mol. The number of hydrogen-bond acceptors (Lipinski definition) is 2. The number of amides is 1. The van der Waals surface area contributed by atoms with Crippen LogP contribution < -0.4 is 11.1 Å². The number of rotatable bonds is 0. The predicted molar refractivity (Wildman–Crippen MR) is 48.6 cm³/mol. The summed E-state index contributed by atoms with van der Waals surface area (Å²) >= 11 is 0. The Bertz CT molecular complexity index is 159. The van der Waals surface area contributed by atoms with Crippen LogP contribution in [0, 0.1) is 5.92 Å². The van der Waals surface area contributed by atoms with E-state index in [2.05, 4.69) is 12.2 Å². The Kier molecular flexibility index (Phi) is 3.53. The molecule has 70 valence electrons. The summed E-state index contributed by atoms with van der Waals surface area (Å²) in [6.45, 7) is 2.77. The van der Waals surface area contributed by atoms with E-state index >= 15 is 0 Å². The molecule has 0 aliphatic carbocycles. The lowest BCUT2D eigenvalue weighted by molar-refractivity contribution is -0.121. The number of carbonyl (C=O) groups excluding carboxylic acids is 1. The summed E-state index contributed by atoms with van der Waals surface area (Å²) in [6.07, 6.45) is 3.97. The lowest BCUT2D eigenvalue weighted by atomic mass is 10.00. The van der Waals surface area contributed by atoms with Crippen LogP contribution in [0.5, 0.6) is 0 Å². The zero-order valence-electron chi connectivity index (χ0n) is 7.68. The van der Waals surface area contributed by atoms with E-state index < -0.39 is 0 Å². The first-order valence-corrected chi connectivity index (χ1v) is 4.70. The van der Waals surface area contributed by atoms with Gasteiger partial charge in [0.25, 0.3) is 0 Å². The smallest absolute Gasteiger partial charge is 0.220 e. The molecule has 3 nitrogen and oxygen atoms in total. The second-order valence-electron chi connectivity index (χ2n) is 3.80. The summed E-state index contributed by atoms with van der Waals surface area (Å²) in [6, 6.07) is 0.152. The first-order chi connectivity index (χ1) is 5.68. The van der Waals surface area contributed by atoms with Crippen molar-refractivity contribution >= 4 is 5.91 Å². The highest BCUT2D eigenvalue weighted by atomic mass is 16.1. The maximum absolute atomic E-state index is 11.2. The third kappa shape index (κ3) is 3.22. The van der Waals surface area contributed by atoms with E-state index in [0.717, 1.165) is 19.3 Å². The maximum Gasteiger partial charge on any atom is 0.220 e. The fourth-order valence-electron chi connectivity index (χ4n) is 1.57. The van der Waals surface area contributed by atoms with Gasteiger partial charge in [0.1, 0.15) is 0 Å². The molecule has 0 bridgehead atoms. The number of carbonyl (C=O) groups is 1. The van der Waals surface area contributed by atoms with Crippen molar-refractivity contribution in [3.05, 3.63) is 0 Å². The van der Waals surface area contributed by atoms with Crippen LogP contribution in [-0.2, 0) is 4.79 Å². The summed E-state index contributed by atoms with van der Waals surface area (Å²) in [5, 5.41) is 2.84. The Labute approximate surface area is 73.7 Å². The van der Waals surface area contributed by atoms with E-state index in [1.165, 1.54) is 0 Å². The van der Waals surface area contributed by atoms with Gasteiger partial charge in [-0.05, 0) is 12.3 Å². The summed E-state index contributed by atoms with van der Waals surface area (Å²) in [5.41, 5.74) is 5.77. The van der Waals surface area contributed by atoms with Crippen LogP contribution in [0.15, 0.2) is 0 Å². The number of nitrogens with two attached hydrogens (primary N) is 1. The molecule has 0 saturated carbocycles. The Hall–Kier alpha value is -0.570. The molecule has 0 aromatic carbocycles. The molecule has 0 aromatic heterocycles. The fourth-order valence-corrected chi connectivity index (χ4v) is 1.57. The van der Waals surface area contributed by atoms with Gasteiger partial charge in [0.15, 0.2) is 0 Å². The molecule has 1 aliphatic heterocycles. The normalized spacial score (nSPS) is 33.0. The summed E-state index contributed by atoms with van der Waals surface area (Å²) in [4.78, 5) is 11.2. The SMILES string of the molecule is CC1CCCC(N)CNC(=O)C1. The van der Waals surface area contributed by atoms with Crippen molar-refractivity contribution in [2.24, 2.45) is 11.7 Å². The quantitative estimate of drug-likeness (QED) is 0.560. The van der Waals surface area contributed by atoms with Crippen LogP contribution in [0.4, 0.5) is 0 Å². The maximum atomic E-state index is 11.2. The molecule has 0 aromatic rings. The standard InChI is InChI=1S/C9H18N2O/c1-7-3-2-4-8(10)6-11-9(12)5-7/h7-8H,2-6,10H2,1H3,(H,11,12). The zero-order valence-corrected chi connectivity index (χ0v) is 7.68. The fraction of sp³-hybridized carbons (Fsp3) is 0.889. The highest BCUT2D eigenvalue weighted by molar-refractivity contribution is 5.76. The van der Waals surface area contributed by atoms with Crippen LogP contribution in [0.1, 0.15) is 32.6 Å². The zero-order chi connectivity index (χ0) is 8.97. The van der Waals surface area contributed by atoms with Gasteiger partial charge in [-0.3, -0.25) is 4.79 Å². The second-order valence-corrected chi connectivity index (χ2v) is 3.80. The Balaban J connectivity index is 2.41. The summed E-state index contributed by atoms with van der Waals surface area (Å²) in [5.74, 6) is 0.662. The van der Waals surface area contributed by atoms with E-state index in [-0.39, 0.29) is 11.9 Å². The lowest BCUT2D eigenvalue weighted by Crippen LogP contribution is -2.36. The van der Waals surface area contributed by atoms with Crippen molar-refractivity contribution in [3.63, 3.8) is 0 Å². The van der Waals surface area contributed by atoms with Crippen molar-refractivity contribution in [3.8, 4) is 0 Å². The number of nitrogens with one attached hydrogen (secondary N) is 1. The minimum Gasteiger partial charge on any atom is -0.355 e. The largest absolute Gasteiger partial charge is 0.355 e. The Morgan fingerprint density at radius 2 is 2.25 bits per heavy atom. The second kappa shape index (κ2) is 4.45. The molecule has 12 heavy (non-hydrogen) atoms. The van der Waals surface area contributed by atoms with Gasteiger partial charge in [0.2, 0.25) is 5.91 Å². The average Bonchev–Trinajstić information content (AvgIpc) is 2.05. The highest BCUT2D eigenvalue weighted by Gasteiger charge is 2.13. The molecule has 1 rings (SSSR count). The molecule has 2 atom stereocenters. The number of hydrogen-bond donors (Lipinski definition) is 2. The molecule has 0 spiro atoms. The molecule has 1 aliphatic rings. The topological polar surface area (TPSA) is 55.1 Å². The predicted octanol–water partition coefficient (Wildman–Crippen LogP) is 0.640. The minimum absolute atomic E-state index is 0.152. The highest BCUT2D eigenvalue weighted by Crippen LogP contribution is 2.13. The van der Waals surface area contributed by atoms with Crippen LogP contribution in [0.3, 0.4) is 0 Å². The van der Waals surface area contributed by atoms with Gasteiger partial charge in [-0.1, -0.05) is 19.8 Å². The molecule has 2 unspecified atom stereocenters. The molecule has 3 heteroatoms. The van der Waals surface area contributed by atoms with E-state index in [1.807, 2.05) is 0 Å². The minimum atomic E-state index is 0.152. The van der Waals surface area contributed by atoms with Crippen LogP contribution in [-0.4, -0.2) is 18.5 Å². The van der Waals surface area contributed by atoms with E-state index in [0.29, 0.717) is 18.9 Å². The van der Waals surface area contributed by atoms with Crippen LogP contribution in [0.2, 0.25) is 0 Å². The molecule has 1 saturated heterocycles. The van der Waals surface area contributed by atoms with Crippen molar-refractivity contribution < 1.29 is 4.79 Å². The Morgan fingerprint density at radius 1 is 1.50 bits per heavy atom. The van der Waals surface area contributed by atoms with Crippen molar-refractivity contribution in [2.75, 3.05) is 6.54 Å². The summed E-state index contributed by atoms with van der Waals surface area (Å²) in [7, 11) is 0. The van der Waals surface area contributed by atoms with E-state index in [9.17, 15) is 4.79 Å². The first-order valence-electron chi connectivity index (χ1n) is 4.70. The Morgan fingerprint density at radius 3 is 3.00 bits per heavy atom. The molecular formula is C9H18N2O. The lowest BCUT2D eigenvalue weighted by Gasteiger charge is -2.09. The third-order valence-electron chi connectivity index (χ3n) is 2.37. The summed E-state index contributed by atoms with van der Waals surface area (Å²) < 4.78 is 0. The van der Waals surface area contributed by atoms with Gasteiger partial charge < -0.3 is 11.1 Å². The molecule has 1 amide bonds. The molecule has 1 fully saturated rings. The van der Waals surface area contributed by atoms with Gasteiger partial charge in [-0.25, -0.2) is 0 Å². The molecule has 3 N–H and O–H groups in total. The third-order valence-corrected chi connectivity index (χ3v) is 2.37. The molecule has 0 radical (unpaired) electrons. The van der Waals surface area contributed by atoms with Crippen LogP contribution >= 0.6 is 0 Å². The van der Waals surface area contributed by atoms with Gasteiger partial charge in [-0.2, -0.15) is 0 Å². The van der Waals surface area contributed by atoms with Crippen molar-refractivity contribution in [1.82, 2.24) is 5.32 Å². The van der Waals surface area contributed by atoms with Crippen molar-refractivity contribution in [2.45, 2.75) is 38.6 Å². The molecule has 1 heterocycles. The van der Waals surface area contributed by atoms with Gasteiger partial charge >= 0.3 is 0 Å². The van der Waals surface area contributed by atoms with Gasteiger partial charge in [0, 0.05) is 19.0 Å². The first kappa shape index (κ1) is 9.52. The van der Waals surface area contributed by atoms with Crippen molar-refractivity contribution in [1.29, 1.82) is 0 Å². The molecular weight excluding hydrogens is 152 g/mol. The average molecular weight is 170 g/mol. The van der Waals surface area contributed by atoms with Crippen LogP contribution in [0.25, 0.3) is 0 Å². The van der Waals surface area contributed by atoms with Gasteiger partial charge in [-0.15, -0.1) is 0 Å². The van der Waals surface area contributed by atoms with Gasteiger partial charge in [0.05, 0.1) is 0 Å². The van der Waals surface area contributed by atoms with E-state index in [4.69, 9.17) is 5.73 Å². The van der Waals surface area contributed by atoms with E-state index in [1.54, 1.807) is 0 Å².